The quantitative estimate of drug-likeness (QED) is 0.652. The first kappa shape index (κ1) is 13.0. The van der Waals surface area contributed by atoms with E-state index >= 15 is 0 Å². The van der Waals surface area contributed by atoms with Crippen molar-refractivity contribution in [2.45, 2.75) is 32.7 Å². The van der Waals surface area contributed by atoms with E-state index in [1.807, 2.05) is 13.8 Å². The number of carbonyl (C=O) groups excluding carboxylic acids is 2. The molecular formula is C11H21N3O2. The fourth-order valence-corrected chi connectivity index (χ4v) is 1.75. The summed E-state index contributed by atoms with van der Waals surface area (Å²) < 4.78 is 0. The predicted octanol–water partition coefficient (Wildman–Crippen LogP) is -0.277. The van der Waals surface area contributed by atoms with E-state index in [-0.39, 0.29) is 6.04 Å². The van der Waals surface area contributed by atoms with Gasteiger partial charge in [0.1, 0.15) is 0 Å². The van der Waals surface area contributed by atoms with Gasteiger partial charge in [-0.25, -0.2) is 0 Å². The summed E-state index contributed by atoms with van der Waals surface area (Å²) in [7, 11) is 0. The summed E-state index contributed by atoms with van der Waals surface area (Å²) in [6.45, 7) is 6.78. The van der Waals surface area contributed by atoms with Crippen molar-refractivity contribution in [3.8, 4) is 0 Å². The van der Waals surface area contributed by atoms with E-state index in [4.69, 9.17) is 0 Å². The number of carbonyl (C=O) groups is 2. The fourth-order valence-electron chi connectivity index (χ4n) is 1.75. The topological polar surface area (TPSA) is 61.4 Å². The van der Waals surface area contributed by atoms with Crippen LogP contribution in [0, 0.1) is 0 Å². The van der Waals surface area contributed by atoms with E-state index in [1.54, 1.807) is 4.90 Å². The molecule has 0 atom stereocenters. The SMILES string of the molecule is CCC(CC)NC(=O)C(=O)N1CCNCC1. The summed E-state index contributed by atoms with van der Waals surface area (Å²) in [5, 5.41) is 5.91. The highest BCUT2D eigenvalue weighted by molar-refractivity contribution is 6.35. The molecule has 1 fully saturated rings. The number of nitrogens with one attached hydrogen (secondary N) is 2. The zero-order valence-corrected chi connectivity index (χ0v) is 10.1. The Labute approximate surface area is 96.6 Å². The maximum Gasteiger partial charge on any atom is 0.311 e. The molecule has 1 aliphatic rings. The Kier molecular flexibility index (Phi) is 5.25. The fraction of sp³-hybridized carbons (Fsp3) is 0.818. The van der Waals surface area contributed by atoms with Crippen LogP contribution in [0.15, 0.2) is 0 Å². The highest BCUT2D eigenvalue weighted by Gasteiger charge is 2.24. The molecule has 5 nitrogen and oxygen atoms in total. The normalized spacial score (nSPS) is 16.3. The van der Waals surface area contributed by atoms with Gasteiger partial charge in [0.05, 0.1) is 0 Å². The summed E-state index contributed by atoms with van der Waals surface area (Å²) >= 11 is 0. The van der Waals surface area contributed by atoms with Gasteiger partial charge in [0.25, 0.3) is 0 Å². The third-order valence-corrected chi connectivity index (χ3v) is 2.92. The largest absolute Gasteiger partial charge is 0.345 e. The molecule has 0 aromatic carbocycles. The van der Waals surface area contributed by atoms with Crippen LogP contribution in [0.2, 0.25) is 0 Å². The van der Waals surface area contributed by atoms with Gasteiger partial charge >= 0.3 is 11.8 Å². The molecule has 0 aromatic rings. The second-order valence-electron chi connectivity index (χ2n) is 4.03. The van der Waals surface area contributed by atoms with E-state index in [0.717, 1.165) is 25.9 Å². The summed E-state index contributed by atoms with van der Waals surface area (Å²) in [5.41, 5.74) is 0. The number of rotatable bonds is 3. The third-order valence-electron chi connectivity index (χ3n) is 2.92. The zero-order chi connectivity index (χ0) is 12.0. The van der Waals surface area contributed by atoms with Crippen molar-refractivity contribution in [1.82, 2.24) is 15.5 Å². The number of amides is 2. The Morgan fingerprint density at radius 2 is 1.81 bits per heavy atom. The highest BCUT2D eigenvalue weighted by atomic mass is 16.2. The molecule has 16 heavy (non-hydrogen) atoms. The monoisotopic (exact) mass is 227 g/mol. The van der Waals surface area contributed by atoms with Crippen LogP contribution >= 0.6 is 0 Å². The molecule has 0 aliphatic carbocycles. The Balaban J connectivity index is 2.43. The van der Waals surface area contributed by atoms with Gasteiger partial charge in [-0.15, -0.1) is 0 Å². The van der Waals surface area contributed by atoms with Gasteiger partial charge in [0.2, 0.25) is 0 Å². The first-order valence-corrected chi connectivity index (χ1v) is 5.99. The van der Waals surface area contributed by atoms with Gasteiger partial charge in [-0.3, -0.25) is 9.59 Å². The molecule has 1 saturated heterocycles. The number of hydrogen-bond acceptors (Lipinski definition) is 3. The Morgan fingerprint density at radius 3 is 2.31 bits per heavy atom. The van der Waals surface area contributed by atoms with Crippen molar-refractivity contribution in [2.24, 2.45) is 0 Å². The Bertz CT molecular complexity index is 246. The van der Waals surface area contributed by atoms with Crippen molar-refractivity contribution < 1.29 is 9.59 Å². The minimum absolute atomic E-state index is 0.111. The van der Waals surface area contributed by atoms with E-state index in [9.17, 15) is 9.59 Å². The van der Waals surface area contributed by atoms with E-state index in [2.05, 4.69) is 10.6 Å². The molecule has 0 radical (unpaired) electrons. The van der Waals surface area contributed by atoms with Crippen molar-refractivity contribution >= 4 is 11.8 Å². The summed E-state index contributed by atoms with van der Waals surface area (Å²) in [6.07, 6.45) is 1.72. The number of hydrogen-bond donors (Lipinski definition) is 2. The van der Waals surface area contributed by atoms with Crippen LogP contribution in [0.3, 0.4) is 0 Å². The smallest absolute Gasteiger partial charge is 0.311 e. The standard InChI is InChI=1S/C11H21N3O2/c1-3-9(4-2)13-10(15)11(16)14-7-5-12-6-8-14/h9,12H,3-8H2,1-2H3,(H,13,15). The molecule has 92 valence electrons. The zero-order valence-electron chi connectivity index (χ0n) is 10.1. The molecule has 5 heteroatoms. The first-order valence-electron chi connectivity index (χ1n) is 5.99. The lowest BCUT2D eigenvalue weighted by Gasteiger charge is -2.27. The average molecular weight is 227 g/mol. The molecular weight excluding hydrogens is 206 g/mol. The summed E-state index contributed by atoms with van der Waals surface area (Å²) in [5.74, 6) is -0.857. The van der Waals surface area contributed by atoms with Gasteiger partial charge < -0.3 is 15.5 Å². The minimum Gasteiger partial charge on any atom is -0.345 e. The van der Waals surface area contributed by atoms with Gasteiger partial charge in [-0.1, -0.05) is 13.8 Å². The van der Waals surface area contributed by atoms with Crippen LogP contribution in [0.5, 0.6) is 0 Å². The van der Waals surface area contributed by atoms with Crippen molar-refractivity contribution in [1.29, 1.82) is 0 Å². The molecule has 1 rings (SSSR count). The van der Waals surface area contributed by atoms with E-state index < -0.39 is 11.8 Å². The van der Waals surface area contributed by atoms with Crippen LogP contribution in [-0.2, 0) is 9.59 Å². The Hall–Kier alpha value is -1.10. The summed E-state index contributed by atoms with van der Waals surface area (Å²) in [4.78, 5) is 25.0. The molecule has 2 amide bonds. The Morgan fingerprint density at radius 1 is 1.25 bits per heavy atom. The minimum atomic E-state index is -0.462. The molecule has 1 aliphatic heterocycles. The molecule has 1 heterocycles. The van der Waals surface area contributed by atoms with Gasteiger partial charge in [0, 0.05) is 32.2 Å². The molecule has 0 spiro atoms. The van der Waals surface area contributed by atoms with E-state index in [0.29, 0.717) is 13.1 Å². The number of nitrogens with zero attached hydrogens (tertiary/aromatic N) is 1. The highest BCUT2D eigenvalue weighted by Crippen LogP contribution is 1.98. The molecule has 0 unspecified atom stereocenters. The molecule has 2 N–H and O–H groups in total. The molecule has 0 bridgehead atoms. The van der Waals surface area contributed by atoms with Gasteiger partial charge in [-0.2, -0.15) is 0 Å². The number of piperazine rings is 1. The maximum absolute atomic E-state index is 11.8. The predicted molar refractivity (Wildman–Crippen MR) is 62.0 cm³/mol. The van der Waals surface area contributed by atoms with Crippen molar-refractivity contribution in [3.63, 3.8) is 0 Å². The lowest BCUT2D eigenvalue weighted by molar-refractivity contribution is -0.146. The maximum atomic E-state index is 11.8. The second-order valence-corrected chi connectivity index (χ2v) is 4.03. The van der Waals surface area contributed by atoms with Crippen LogP contribution in [0.25, 0.3) is 0 Å². The van der Waals surface area contributed by atoms with Crippen LogP contribution < -0.4 is 10.6 Å². The second kappa shape index (κ2) is 6.48. The van der Waals surface area contributed by atoms with Crippen molar-refractivity contribution in [3.05, 3.63) is 0 Å². The first-order chi connectivity index (χ1) is 7.69. The lowest BCUT2D eigenvalue weighted by atomic mass is 10.2. The van der Waals surface area contributed by atoms with Crippen LogP contribution in [0.1, 0.15) is 26.7 Å². The average Bonchev–Trinajstić information content (AvgIpc) is 2.35. The van der Waals surface area contributed by atoms with Gasteiger partial charge in [0.15, 0.2) is 0 Å². The van der Waals surface area contributed by atoms with E-state index in [1.165, 1.54) is 0 Å². The van der Waals surface area contributed by atoms with Crippen LogP contribution in [0.4, 0.5) is 0 Å². The van der Waals surface area contributed by atoms with Crippen LogP contribution in [-0.4, -0.2) is 48.9 Å². The molecule has 0 saturated carbocycles. The lowest BCUT2D eigenvalue weighted by Crippen LogP contribution is -2.52. The third kappa shape index (κ3) is 3.48. The van der Waals surface area contributed by atoms with Gasteiger partial charge in [-0.05, 0) is 12.8 Å². The molecule has 0 aromatic heterocycles. The summed E-state index contributed by atoms with van der Waals surface area (Å²) in [6, 6.07) is 0.111. The van der Waals surface area contributed by atoms with Crippen molar-refractivity contribution in [2.75, 3.05) is 26.2 Å².